The van der Waals surface area contributed by atoms with Gasteiger partial charge in [0.2, 0.25) is 0 Å². The van der Waals surface area contributed by atoms with Gasteiger partial charge in [-0.25, -0.2) is 0 Å². The quantitative estimate of drug-likeness (QED) is 0.589. The van der Waals surface area contributed by atoms with Gasteiger partial charge in [-0.3, -0.25) is 4.79 Å². The third-order valence-corrected chi connectivity index (χ3v) is 3.72. The lowest BCUT2D eigenvalue weighted by Gasteiger charge is -2.39. The second-order valence-corrected chi connectivity index (χ2v) is 5.10. The minimum Gasteiger partial charge on any atom is -0.481 e. The molecule has 1 aliphatic rings. The van der Waals surface area contributed by atoms with Crippen LogP contribution in [-0.4, -0.2) is 23.3 Å². The Bertz CT molecular complexity index is 366. The zero-order chi connectivity index (χ0) is 13.1. The highest BCUT2D eigenvalue weighted by Gasteiger charge is 2.57. The zero-order valence-corrected chi connectivity index (χ0v) is 10.6. The van der Waals surface area contributed by atoms with Gasteiger partial charge in [-0.15, -0.1) is 12.3 Å². The van der Waals surface area contributed by atoms with Crippen molar-refractivity contribution in [3.63, 3.8) is 0 Å². The molecule has 0 aliphatic heterocycles. The Labute approximate surface area is 103 Å². The van der Waals surface area contributed by atoms with Crippen molar-refractivity contribution in [1.29, 1.82) is 0 Å². The summed E-state index contributed by atoms with van der Waals surface area (Å²) in [5.74, 6) is 1.64. The number of carbonyl (C=O) groups is 1. The molecule has 0 bridgehead atoms. The van der Waals surface area contributed by atoms with Crippen molar-refractivity contribution in [2.75, 3.05) is 6.61 Å². The average molecular weight is 236 g/mol. The number of hydrogen-bond acceptors (Lipinski definition) is 2. The first-order chi connectivity index (χ1) is 7.88. The van der Waals surface area contributed by atoms with E-state index in [0.29, 0.717) is 13.0 Å². The standard InChI is InChI=1S/C14H20O3/c1-5-7-14(12(15)16)9-6-8-13(14,4)17-10-11(2)3/h1H,2,6-10H2,3-4H3,(H,15,16). The van der Waals surface area contributed by atoms with Crippen LogP contribution in [0.3, 0.4) is 0 Å². The molecular formula is C14H20O3. The molecule has 2 atom stereocenters. The van der Waals surface area contributed by atoms with Crippen molar-refractivity contribution in [2.24, 2.45) is 5.41 Å². The van der Waals surface area contributed by atoms with Crippen molar-refractivity contribution in [2.45, 2.75) is 45.1 Å². The van der Waals surface area contributed by atoms with E-state index in [1.165, 1.54) is 0 Å². The SMILES string of the molecule is C#CCC1(C(=O)O)CCCC1(C)OCC(=C)C. The van der Waals surface area contributed by atoms with E-state index < -0.39 is 17.0 Å². The first kappa shape index (κ1) is 13.8. The highest BCUT2D eigenvalue weighted by atomic mass is 16.5. The lowest BCUT2D eigenvalue weighted by molar-refractivity contribution is -0.168. The Morgan fingerprint density at radius 1 is 1.59 bits per heavy atom. The fourth-order valence-corrected chi connectivity index (χ4v) is 2.58. The van der Waals surface area contributed by atoms with E-state index >= 15 is 0 Å². The highest BCUT2D eigenvalue weighted by Crippen LogP contribution is 2.51. The molecule has 1 rings (SSSR count). The molecule has 0 aromatic carbocycles. The molecule has 0 spiro atoms. The molecule has 0 aromatic heterocycles. The van der Waals surface area contributed by atoms with Crippen LogP contribution < -0.4 is 0 Å². The topological polar surface area (TPSA) is 46.5 Å². The second-order valence-electron chi connectivity index (χ2n) is 5.10. The van der Waals surface area contributed by atoms with Gasteiger partial charge in [0.15, 0.2) is 0 Å². The van der Waals surface area contributed by atoms with Gasteiger partial charge in [-0.2, -0.15) is 0 Å². The Morgan fingerprint density at radius 3 is 2.71 bits per heavy atom. The van der Waals surface area contributed by atoms with Crippen LogP contribution in [0.15, 0.2) is 12.2 Å². The summed E-state index contributed by atoms with van der Waals surface area (Å²) in [7, 11) is 0. The number of hydrogen-bond donors (Lipinski definition) is 1. The summed E-state index contributed by atoms with van der Waals surface area (Å²) < 4.78 is 5.81. The Morgan fingerprint density at radius 2 is 2.24 bits per heavy atom. The maximum absolute atomic E-state index is 11.6. The second kappa shape index (κ2) is 4.93. The normalized spacial score (nSPS) is 32.1. The number of carboxylic acids is 1. The molecule has 1 fully saturated rings. The van der Waals surface area contributed by atoms with Crippen LogP contribution in [0.4, 0.5) is 0 Å². The van der Waals surface area contributed by atoms with Crippen LogP contribution >= 0.6 is 0 Å². The summed E-state index contributed by atoms with van der Waals surface area (Å²) in [6.07, 6.45) is 7.69. The first-order valence-electron chi connectivity index (χ1n) is 5.83. The van der Waals surface area contributed by atoms with Crippen LogP contribution in [0.1, 0.15) is 39.5 Å². The number of carboxylic acid groups (broad SMARTS) is 1. The molecule has 3 nitrogen and oxygen atoms in total. The van der Waals surface area contributed by atoms with Crippen LogP contribution in [0.25, 0.3) is 0 Å². The number of ether oxygens (including phenoxy) is 1. The van der Waals surface area contributed by atoms with Crippen LogP contribution in [-0.2, 0) is 9.53 Å². The van der Waals surface area contributed by atoms with Gasteiger partial charge in [0.05, 0.1) is 12.2 Å². The highest BCUT2D eigenvalue weighted by molar-refractivity contribution is 5.77. The molecule has 0 saturated heterocycles. The molecule has 0 aromatic rings. The maximum Gasteiger partial charge on any atom is 0.313 e. The third-order valence-electron chi connectivity index (χ3n) is 3.72. The van der Waals surface area contributed by atoms with E-state index in [1.807, 2.05) is 13.8 Å². The maximum atomic E-state index is 11.6. The van der Waals surface area contributed by atoms with Crippen molar-refractivity contribution in [3.05, 3.63) is 12.2 Å². The predicted molar refractivity (Wildman–Crippen MR) is 66.5 cm³/mol. The predicted octanol–water partition coefficient (Wildman–Crippen LogP) is 2.62. The van der Waals surface area contributed by atoms with Gasteiger partial charge in [0.25, 0.3) is 0 Å². The third kappa shape index (κ3) is 2.37. The molecule has 3 heteroatoms. The van der Waals surface area contributed by atoms with E-state index in [1.54, 1.807) is 0 Å². The fraction of sp³-hybridized carbons (Fsp3) is 0.643. The van der Waals surface area contributed by atoms with Crippen molar-refractivity contribution in [3.8, 4) is 12.3 Å². The van der Waals surface area contributed by atoms with Gasteiger partial charge in [0.1, 0.15) is 5.41 Å². The molecular weight excluding hydrogens is 216 g/mol. The largest absolute Gasteiger partial charge is 0.481 e. The van der Waals surface area contributed by atoms with Gasteiger partial charge in [-0.05, 0) is 33.1 Å². The van der Waals surface area contributed by atoms with E-state index in [9.17, 15) is 9.90 Å². The molecule has 0 amide bonds. The van der Waals surface area contributed by atoms with Gasteiger partial charge < -0.3 is 9.84 Å². The minimum atomic E-state index is -0.947. The van der Waals surface area contributed by atoms with Crippen LogP contribution in [0.2, 0.25) is 0 Å². The van der Waals surface area contributed by atoms with E-state index in [-0.39, 0.29) is 6.42 Å². The van der Waals surface area contributed by atoms with E-state index in [0.717, 1.165) is 18.4 Å². The van der Waals surface area contributed by atoms with Crippen LogP contribution in [0.5, 0.6) is 0 Å². The summed E-state index contributed by atoms with van der Waals surface area (Å²) in [6.45, 7) is 7.88. The first-order valence-corrected chi connectivity index (χ1v) is 5.83. The average Bonchev–Trinajstić information content (AvgIpc) is 2.56. The van der Waals surface area contributed by atoms with Gasteiger partial charge >= 0.3 is 5.97 Å². The van der Waals surface area contributed by atoms with E-state index in [2.05, 4.69) is 12.5 Å². The summed E-state index contributed by atoms with van der Waals surface area (Å²) >= 11 is 0. The van der Waals surface area contributed by atoms with Crippen molar-refractivity contribution < 1.29 is 14.6 Å². The van der Waals surface area contributed by atoms with E-state index in [4.69, 9.17) is 11.2 Å². The Hall–Kier alpha value is -1.27. The Kier molecular flexibility index (Phi) is 4.00. The lowest BCUT2D eigenvalue weighted by atomic mass is 9.72. The summed E-state index contributed by atoms with van der Waals surface area (Å²) in [5.41, 5.74) is -0.750. The fourth-order valence-electron chi connectivity index (χ4n) is 2.58. The molecule has 1 saturated carbocycles. The van der Waals surface area contributed by atoms with Gasteiger partial charge in [0, 0.05) is 6.42 Å². The molecule has 1 N–H and O–H groups in total. The molecule has 17 heavy (non-hydrogen) atoms. The number of aliphatic carboxylic acids is 1. The van der Waals surface area contributed by atoms with Crippen molar-refractivity contribution in [1.82, 2.24) is 0 Å². The molecule has 0 heterocycles. The minimum absolute atomic E-state index is 0.217. The smallest absolute Gasteiger partial charge is 0.313 e. The summed E-state index contributed by atoms with van der Waals surface area (Å²) in [4.78, 5) is 11.6. The molecule has 1 aliphatic carbocycles. The monoisotopic (exact) mass is 236 g/mol. The van der Waals surface area contributed by atoms with Gasteiger partial charge in [-0.1, -0.05) is 12.2 Å². The van der Waals surface area contributed by atoms with Crippen molar-refractivity contribution >= 4 is 5.97 Å². The Balaban J connectivity index is 2.98. The zero-order valence-electron chi connectivity index (χ0n) is 10.6. The molecule has 94 valence electrons. The number of rotatable bonds is 5. The lowest BCUT2D eigenvalue weighted by Crippen LogP contribution is -2.49. The molecule has 0 radical (unpaired) electrons. The number of terminal acetylenes is 1. The van der Waals surface area contributed by atoms with Crippen LogP contribution in [0, 0.1) is 17.8 Å². The summed E-state index contributed by atoms with van der Waals surface area (Å²) in [5, 5.41) is 9.50. The molecule has 2 unspecified atom stereocenters. The summed E-state index contributed by atoms with van der Waals surface area (Å²) in [6, 6.07) is 0.